The number of alkyl carbamates (subject to hydrolysis) is 1. The zero-order chi connectivity index (χ0) is 14.7. The number of carbonyl (C=O) groups excluding carboxylic acids is 1. The van der Waals surface area contributed by atoms with E-state index >= 15 is 0 Å². The van der Waals surface area contributed by atoms with Gasteiger partial charge in [0, 0.05) is 24.7 Å². The summed E-state index contributed by atoms with van der Waals surface area (Å²) in [6.45, 7) is 5.71. The summed E-state index contributed by atoms with van der Waals surface area (Å²) >= 11 is 0. The number of piperidine rings is 1. The lowest BCUT2D eigenvalue weighted by atomic mass is 9.97. The molecule has 2 heterocycles. The Hall–Kier alpha value is -0.810. The third-order valence-electron chi connectivity index (χ3n) is 5.22. The van der Waals surface area contributed by atoms with Crippen LogP contribution in [0.2, 0.25) is 0 Å². The molecule has 0 radical (unpaired) electrons. The summed E-state index contributed by atoms with van der Waals surface area (Å²) in [5, 5.41) is 6.74. The Morgan fingerprint density at radius 1 is 1.29 bits per heavy atom. The summed E-state index contributed by atoms with van der Waals surface area (Å²) in [5.41, 5.74) is 0. The molecule has 0 spiro atoms. The van der Waals surface area contributed by atoms with Crippen LogP contribution >= 0.6 is 0 Å². The molecule has 5 nitrogen and oxygen atoms in total. The normalized spacial score (nSPS) is 30.7. The highest BCUT2D eigenvalue weighted by Gasteiger charge is 2.35. The van der Waals surface area contributed by atoms with E-state index in [1.165, 1.54) is 51.6 Å². The van der Waals surface area contributed by atoms with E-state index in [0.29, 0.717) is 18.6 Å². The van der Waals surface area contributed by atoms with Gasteiger partial charge in [-0.2, -0.15) is 0 Å². The molecule has 0 bridgehead atoms. The van der Waals surface area contributed by atoms with Gasteiger partial charge in [0.05, 0.1) is 6.61 Å². The minimum absolute atomic E-state index is 0.241. The van der Waals surface area contributed by atoms with Crippen LogP contribution in [-0.4, -0.2) is 55.4 Å². The van der Waals surface area contributed by atoms with Gasteiger partial charge in [0.15, 0.2) is 0 Å². The Morgan fingerprint density at radius 2 is 2.14 bits per heavy atom. The van der Waals surface area contributed by atoms with Crippen LogP contribution in [0.1, 0.15) is 45.4 Å². The number of hydrogen-bond acceptors (Lipinski definition) is 4. The second kappa shape index (κ2) is 6.97. The van der Waals surface area contributed by atoms with Gasteiger partial charge in [-0.3, -0.25) is 0 Å². The van der Waals surface area contributed by atoms with Crippen molar-refractivity contribution >= 4 is 6.09 Å². The molecule has 3 aliphatic rings. The average Bonchev–Trinajstić information content (AvgIpc) is 3.21. The standard InChI is InChI=1S/C16H29N3O2/c1-2-21-16(20)18-15(12-5-6-12)11-17-13-7-9-19-8-3-4-14(19)10-13/h12-15,17H,2-11H2,1H3,(H,18,20)/t13-,14-,15-/m1/s1. The van der Waals surface area contributed by atoms with Gasteiger partial charge in [0.1, 0.15) is 0 Å². The Bertz CT molecular complexity index is 359. The average molecular weight is 295 g/mol. The molecule has 3 fully saturated rings. The van der Waals surface area contributed by atoms with Crippen molar-refractivity contribution in [3.8, 4) is 0 Å². The first-order valence-electron chi connectivity index (χ1n) is 8.67. The highest BCUT2D eigenvalue weighted by atomic mass is 16.5. The van der Waals surface area contributed by atoms with Crippen LogP contribution in [0.4, 0.5) is 4.79 Å². The molecule has 0 aromatic heterocycles. The van der Waals surface area contributed by atoms with E-state index in [1.54, 1.807) is 0 Å². The number of rotatable bonds is 6. The summed E-state index contributed by atoms with van der Waals surface area (Å²) in [6, 6.07) is 1.66. The van der Waals surface area contributed by atoms with Gasteiger partial charge >= 0.3 is 6.09 Å². The summed E-state index contributed by atoms with van der Waals surface area (Å²) in [4.78, 5) is 14.3. The van der Waals surface area contributed by atoms with Crippen molar-refractivity contribution in [3.63, 3.8) is 0 Å². The van der Waals surface area contributed by atoms with E-state index in [4.69, 9.17) is 4.74 Å². The molecule has 0 aromatic rings. The molecule has 1 saturated carbocycles. The fourth-order valence-corrected chi connectivity index (χ4v) is 3.86. The molecule has 3 atom stereocenters. The Morgan fingerprint density at radius 3 is 2.90 bits per heavy atom. The van der Waals surface area contributed by atoms with E-state index in [1.807, 2.05) is 6.92 Å². The molecule has 2 aliphatic heterocycles. The molecule has 5 heteroatoms. The number of nitrogens with zero attached hydrogens (tertiary/aromatic N) is 1. The molecule has 0 aromatic carbocycles. The highest BCUT2D eigenvalue weighted by Crippen LogP contribution is 2.33. The highest BCUT2D eigenvalue weighted by molar-refractivity contribution is 5.67. The molecular formula is C16H29N3O2. The number of nitrogens with one attached hydrogen (secondary N) is 2. The van der Waals surface area contributed by atoms with E-state index in [9.17, 15) is 4.79 Å². The van der Waals surface area contributed by atoms with Gasteiger partial charge in [-0.15, -0.1) is 0 Å². The van der Waals surface area contributed by atoms with Crippen molar-refractivity contribution < 1.29 is 9.53 Å². The summed E-state index contributed by atoms with van der Waals surface area (Å²) in [7, 11) is 0. The van der Waals surface area contributed by atoms with Crippen LogP contribution in [0.3, 0.4) is 0 Å². The minimum atomic E-state index is -0.262. The number of hydrogen-bond donors (Lipinski definition) is 2. The first-order valence-corrected chi connectivity index (χ1v) is 8.67. The number of ether oxygens (including phenoxy) is 1. The monoisotopic (exact) mass is 295 g/mol. The van der Waals surface area contributed by atoms with Crippen LogP contribution in [-0.2, 0) is 4.74 Å². The summed E-state index contributed by atoms with van der Waals surface area (Å²) in [5.74, 6) is 0.647. The number of carbonyl (C=O) groups is 1. The molecule has 1 amide bonds. The van der Waals surface area contributed by atoms with Gasteiger partial charge in [-0.25, -0.2) is 4.79 Å². The molecule has 2 saturated heterocycles. The topological polar surface area (TPSA) is 53.6 Å². The smallest absolute Gasteiger partial charge is 0.407 e. The van der Waals surface area contributed by atoms with Crippen LogP contribution in [0, 0.1) is 5.92 Å². The van der Waals surface area contributed by atoms with Crippen molar-refractivity contribution in [3.05, 3.63) is 0 Å². The second-order valence-electron chi connectivity index (χ2n) is 6.77. The third kappa shape index (κ3) is 4.10. The molecule has 0 unspecified atom stereocenters. The quantitative estimate of drug-likeness (QED) is 0.783. The number of fused-ring (bicyclic) bond motifs is 1. The molecule has 120 valence electrons. The summed E-state index contributed by atoms with van der Waals surface area (Å²) < 4.78 is 5.01. The maximum Gasteiger partial charge on any atom is 0.407 e. The van der Waals surface area contributed by atoms with Crippen LogP contribution in [0.15, 0.2) is 0 Å². The van der Waals surface area contributed by atoms with Crippen molar-refractivity contribution in [2.24, 2.45) is 5.92 Å². The predicted molar refractivity (Wildman–Crippen MR) is 82.3 cm³/mol. The lowest BCUT2D eigenvalue weighted by molar-refractivity contribution is 0.143. The van der Waals surface area contributed by atoms with Crippen LogP contribution < -0.4 is 10.6 Å². The minimum Gasteiger partial charge on any atom is -0.450 e. The number of amides is 1. The Balaban J connectivity index is 1.42. The molecule has 21 heavy (non-hydrogen) atoms. The molecule has 2 N–H and O–H groups in total. The first-order chi connectivity index (χ1) is 10.3. The largest absolute Gasteiger partial charge is 0.450 e. The molecule has 3 rings (SSSR count). The zero-order valence-corrected chi connectivity index (χ0v) is 13.1. The maximum absolute atomic E-state index is 11.6. The third-order valence-corrected chi connectivity index (χ3v) is 5.22. The van der Waals surface area contributed by atoms with E-state index in [2.05, 4.69) is 15.5 Å². The van der Waals surface area contributed by atoms with Crippen molar-refractivity contribution in [2.45, 2.75) is 63.6 Å². The first kappa shape index (κ1) is 15.1. The predicted octanol–water partition coefficient (Wildman–Crippen LogP) is 1.73. The van der Waals surface area contributed by atoms with E-state index < -0.39 is 0 Å². The van der Waals surface area contributed by atoms with Gasteiger partial charge in [0.2, 0.25) is 0 Å². The maximum atomic E-state index is 11.6. The van der Waals surface area contributed by atoms with Crippen molar-refractivity contribution in [2.75, 3.05) is 26.2 Å². The zero-order valence-electron chi connectivity index (χ0n) is 13.1. The van der Waals surface area contributed by atoms with Gasteiger partial charge in [0.25, 0.3) is 0 Å². The second-order valence-corrected chi connectivity index (χ2v) is 6.77. The Labute approximate surface area is 127 Å². The van der Waals surface area contributed by atoms with Gasteiger partial charge in [-0.1, -0.05) is 0 Å². The SMILES string of the molecule is CCOC(=O)N[C@H](CN[C@@H]1CCN2CCC[C@@H]2C1)C1CC1. The molecule has 1 aliphatic carbocycles. The lowest BCUT2D eigenvalue weighted by Crippen LogP contribution is -2.50. The van der Waals surface area contributed by atoms with Crippen LogP contribution in [0.5, 0.6) is 0 Å². The Kier molecular flexibility index (Phi) is 5.01. The van der Waals surface area contributed by atoms with Crippen LogP contribution in [0.25, 0.3) is 0 Å². The van der Waals surface area contributed by atoms with Gasteiger partial charge < -0.3 is 20.3 Å². The van der Waals surface area contributed by atoms with Crippen molar-refractivity contribution in [1.29, 1.82) is 0 Å². The van der Waals surface area contributed by atoms with E-state index in [-0.39, 0.29) is 12.1 Å². The fraction of sp³-hybridized carbons (Fsp3) is 0.938. The summed E-state index contributed by atoms with van der Waals surface area (Å²) in [6.07, 6.45) is 7.46. The molecular weight excluding hydrogens is 266 g/mol. The van der Waals surface area contributed by atoms with E-state index in [0.717, 1.165) is 12.6 Å². The lowest BCUT2D eigenvalue weighted by Gasteiger charge is -2.36. The van der Waals surface area contributed by atoms with Gasteiger partial charge in [-0.05, 0) is 64.5 Å². The van der Waals surface area contributed by atoms with Crippen molar-refractivity contribution in [1.82, 2.24) is 15.5 Å². The fourth-order valence-electron chi connectivity index (χ4n) is 3.86.